The maximum Gasteiger partial charge on any atom is 0.255 e. The number of nitrogens with one attached hydrogen (secondary N) is 1. The number of hydrogen-bond donors (Lipinski definition) is 1. The molecule has 0 atom stereocenters. The number of rotatable bonds is 9. The Morgan fingerprint density at radius 2 is 1.62 bits per heavy atom. The summed E-state index contributed by atoms with van der Waals surface area (Å²) >= 11 is 0. The van der Waals surface area contributed by atoms with Crippen LogP contribution in [0.1, 0.15) is 29.8 Å². The van der Waals surface area contributed by atoms with Crippen molar-refractivity contribution in [3.8, 4) is 17.2 Å². The van der Waals surface area contributed by atoms with Gasteiger partial charge in [0, 0.05) is 35.6 Å². The molecule has 0 aliphatic rings. The van der Waals surface area contributed by atoms with Gasteiger partial charge < -0.3 is 19.4 Å². The Balaban J connectivity index is 1.24. The molecule has 37 heavy (non-hydrogen) atoms. The maximum absolute atomic E-state index is 12.8. The summed E-state index contributed by atoms with van der Waals surface area (Å²) < 4.78 is 11.8. The molecule has 1 amide bonds. The van der Waals surface area contributed by atoms with E-state index in [1.165, 1.54) is 5.69 Å². The zero-order chi connectivity index (χ0) is 25.6. The minimum absolute atomic E-state index is 0.204. The van der Waals surface area contributed by atoms with E-state index in [4.69, 9.17) is 9.15 Å². The van der Waals surface area contributed by atoms with E-state index in [1.54, 1.807) is 24.3 Å². The molecule has 0 saturated carbocycles. The number of nitrogens with zero attached hydrogens (tertiary/aromatic N) is 2. The third kappa shape index (κ3) is 5.64. The van der Waals surface area contributed by atoms with Crippen LogP contribution in [-0.2, 0) is 6.61 Å². The molecule has 0 aliphatic heterocycles. The molecule has 1 aromatic heterocycles. The van der Waals surface area contributed by atoms with E-state index in [9.17, 15) is 4.79 Å². The van der Waals surface area contributed by atoms with Crippen molar-refractivity contribution in [2.45, 2.75) is 20.5 Å². The van der Waals surface area contributed by atoms with E-state index in [1.807, 2.05) is 60.7 Å². The number of oxazole rings is 1. The zero-order valence-electron chi connectivity index (χ0n) is 21.0. The highest BCUT2D eigenvalue weighted by atomic mass is 16.5. The molecule has 6 heteroatoms. The Kier molecular flexibility index (Phi) is 7.17. The zero-order valence-corrected chi connectivity index (χ0v) is 21.0. The molecule has 0 fully saturated rings. The molecule has 6 nitrogen and oxygen atoms in total. The van der Waals surface area contributed by atoms with Crippen molar-refractivity contribution >= 4 is 28.4 Å². The van der Waals surface area contributed by atoms with Crippen molar-refractivity contribution in [2.75, 3.05) is 23.3 Å². The second-order valence-corrected chi connectivity index (χ2v) is 8.67. The van der Waals surface area contributed by atoms with Gasteiger partial charge in [-0.2, -0.15) is 0 Å². The number of carbonyl (C=O) groups is 1. The molecule has 0 unspecified atom stereocenters. The molecule has 0 radical (unpaired) electrons. The second-order valence-electron chi connectivity index (χ2n) is 8.67. The van der Waals surface area contributed by atoms with Crippen LogP contribution in [0.5, 0.6) is 5.75 Å². The Labute approximate surface area is 216 Å². The van der Waals surface area contributed by atoms with Crippen molar-refractivity contribution in [3.63, 3.8) is 0 Å². The number of anilines is 2. The molecule has 186 valence electrons. The van der Waals surface area contributed by atoms with Crippen LogP contribution in [0.3, 0.4) is 0 Å². The molecule has 1 heterocycles. The van der Waals surface area contributed by atoms with Crippen LogP contribution < -0.4 is 15.0 Å². The Bertz CT molecular complexity index is 1470. The first-order valence-electron chi connectivity index (χ1n) is 12.5. The molecular formula is C31H29N3O3. The lowest BCUT2D eigenvalue weighted by Gasteiger charge is -2.20. The monoisotopic (exact) mass is 491 g/mol. The van der Waals surface area contributed by atoms with Gasteiger partial charge in [0.15, 0.2) is 5.58 Å². The van der Waals surface area contributed by atoms with E-state index in [2.05, 4.69) is 41.2 Å². The maximum atomic E-state index is 12.8. The molecular weight excluding hydrogens is 462 g/mol. The van der Waals surface area contributed by atoms with Crippen molar-refractivity contribution in [1.29, 1.82) is 0 Å². The van der Waals surface area contributed by atoms with E-state index in [0.29, 0.717) is 40.6 Å². The van der Waals surface area contributed by atoms with Gasteiger partial charge in [0.2, 0.25) is 5.89 Å². The number of ether oxygens (including phenoxy) is 1. The number of benzene rings is 4. The molecule has 0 spiro atoms. The van der Waals surface area contributed by atoms with Gasteiger partial charge >= 0.3 is 0 Å². The van der Waals surface area contributed by atoms with E-state index < -0.39 is 0 Å². The minimum atomic E-state index is -0.204. The highest BCUT2D eigenvalue weighted by Gasteiger charge is 2.12. The lowest BCUT2D eigenvalue weighted by molar-refractivity contribution is 0.102. The predicted octanol–water partition coefficient (Wildman–Crippen LogP) is 7.17. The van der Waals surface area contributed by atoms with Crippen LogP contribution >= 0.6 is 0 Å². The molecule has 5 rings (SSSR count). The Hall–Kier alpha value is -4.58. The van der Waals surface area contributed by atoms with Crippen molar-refractivity contribution in [3.05, 3.63) is 108 Å². The minimum Gasteiger partial charge on any atom is -0.489 e. The van der Waals surface area contributed by atoms with Gasteiger partial charge in [-0.05, 0) is 86.1 Å². The summed E-state index contributed by atoms with van der Waals surface area (Å²) in [7, 11) is 0. The average Bonchev–Trinajstić information content (AvgIpc) is 3.37. The molecule has 1 N–H and O–H groups in total. The number of fused-ring (bicyclic) bond motifs is 1. The molecule has 4 aromatic carbocycles. The van der Waals surface area contributed by atoms with Gasteiger partial charge in [0.25, 0.3) is 5.91 Å². The van der Waals surface area contributed by atoms with Crippen LogP contribution in [0.2, 0.25) is 0 Å². The van der Waals surface area contributed by atoms with Crippen LogP contribution in [-0.4, -0.2) is 24.0 Å². The predicted molar refractivity (Wildman–Crippen MR) is 148 cm³/mol. The Morgan fingerprint density at radius 1 is 0.892 bits per heavy atom. The fourth-order valence-corrected chi connectivity index (χ4v) is 4.18. The van der Waals surface area contributed by atoms with Crippen molar-refractivity contribution < 1.29 is 13.9 Å². The summed E-state index contributed by atoms with van der Waals surface area (Å²) in [6, 6.07) is 30.7. The number of carbonyl (C=O) groups excluding carboxylic acids is 1. The highest BCUT2D eigenvalue weighted by molar-refractivity contribution is 6.05. The second kappa shape index (κ2) is 11.0. The molecule has 0 saturated heterocycles. The van der Waals surface area contributed by atoms with Crippen LogP contribution in [0.25, 0.3) is 22.6 Å². The quantitative estimate of drug-likeness (QED) is 0.237. The van der Waals surface area contributed by atoms with Crippen molar-refractivity contribution in [1.82, 2.24) is 4.98 Å². The van der Waals surface area contributed by atoms with Crippen LogP contribution in [0.15, 0.2) is 101 Å². The van der Waals surface area contributed by atoms with Crippen LogP contribution in [0.4, 0.5) is 11.4 Å². The van der Waals surface area contributed by atoms with E-state index in [-0.39, 0.29) is 5.91 Å². The first kappa shape index (κ1) is 24.1. The number of aromatic nitrogens is 1. The summed E-state index contributed by atoms with van der Waals surface area (Å²) in [5.41, 5.74) is 5.72. The highest BCUT2D eigenvalue weighted by Crippen LogP contribution is 2.28. The van der Waals surface area contributed by atoms with Gasteiger partial charge in [-0.3, -0.25) is 4.79 Å². The first-order valence-corrected chi connectivity index (χ1v) is 12.5. The third-order valence-electron chi connectivity index (χ3n) is 6.25. The third-order valence-corrected chi connectivity index (χ3v) is 6.25. The van der Waals surface area contributed by atoms with Gasteiger partial charge in [-0.15, -0.1) is 0 Å². The topological polar surface area (TPSA) is 67.6 Å². The largest absolute Gasteiger partial charge is 0.489 e. The van der Waals surface area contributed by atoms with Gasteiger partial charge in [0.05, 0.1) is 0 Å². The average molecular weight is 492 g/mol. The van der Waals surface area contributed by atoms with Gasteiger partial charge in [-0.1, -0.05) is 30.3 Å². The summed E-state index contributed by atoms with van der Waals surface area (Å²) in [5.74, 6) is 1.06. The van der Waals surface area contributed by atoms with Crippen molar-refractivity contribution in [2.24, 2.45) is 0 Å². The molecule has 0 aliphatic carbocycles. The smallest absolute Gasteiger partial charge is 0.255 e. The fourth-order valence-electron chi connectivity index (χ4n) is 4.18. The first-order chi connectivity index (χ1) is 18.1. The fraction of sp³-hybridized carbons (Fsp3) is 0.161. The molecule has 5 aromatic rings. The standard InChI is InChI=1S/C31H29N3O3/c1-3-34(4-2)26-15-10-24(11-16-26)31-33-28-20-25(14-19-29(28)37-31)32-30(35)23-12-17-27(18-13-23)36-21-22-8-6-5-7-9-22/h5-20H,3-4,21H2,1-2H3,(H,32,35). The summed E-state index contributed by atoms with van der Waals surface area (Å²) in [4.78, 5) is 19.7. The van der Waals surface area contributed by atoms with Gasteiger partial charge in [-0.25, -0.2) is 4.98 Å². The summed E-state index contributed by atoms with van der Waals surface area (Å²) in [5, 5.41) is 2.94. The van der Waals surface area contributed by atoms with Gasteiger partial charge in [0.1, 0.15) is 17.9 Å². The Morgan fingerprint density at radius 3 is 2.32 bits per heavy atom. The summed E-state index contributed by atoms with van der Waals surface area (Å²) in [6.07, 6.45) is 0. The lowest BCUT2D eigenvalue weighted by atomic mass is 10.2. The summed E-state index contributed by atoms with van der Waals surface area (Å²) in [6.45, 7) is 6.68. The SMILES string of the molecule is CCN(CC)c1ccc(-c2nc3cc(NC(=O)c4ccc(OCc5ccccc5)cc4)ccc3o2)cc1. The lowest BCUT2D eigenvalue weighted by Crippen LogP contribution is -2.21. The van der Waals surface area contributed by atoms with E-state index >= 15 is 0 Å². The molecule has 0 bridgehead atoms. The number of amides is 1. The normalized spacial score (nSPS) is 10.9. The van der Waals surface area contributed by atoms with E-state index in [0.717, 1.165) is 24.2 Å². The number of hydrogen-bond acceptors (Lipinski definition) is 5. The van der Waals surface area contributed by atoms with Crippen LogP contribution in [0, 0.1) is 0 Å².